The predicted octanol–water partition coefficient (Wildman–Crippen LogP) is 3.20. The molecule has 2 aromatic carbocycles. The van der Waals surface area contributed by atoms with E-state index < -0.39 is 0 Å². The molecule has 158 valence electrons. The van der Waals surface area contributed by atoms with Gasteiger partial charge in [0.15, 0.2) is 5.82 Å². The van der Waals surface area contributed by atoms with E-state index >= 15 is 0 Å². The molecule has 1 heterocycles. The summed E-state index contributed by atoms with van der Waals surface area (Å²) in [6.45, 7) is 6.90. The first kappa shape index (κ1) is 21.7. The van der Waals surface area contributed by atoms with E-state index in [1.54, 1.807) is 0 Å². The minimum atomic E-state index is -0.0705. The van der Waals surface area contributed by atoms with E-state index in [-0.39, 0.29) is 24.2 Å². The van der Waals surface area contributed by atoms with Gasteiger partial charge in [-0.2, -0.15) is 0 Å². The van der Waals surface area contributed by atoms with Gasteiger partial charge in [0.25, 0.3) is 0 Å². The Kier molecular flexibility index (Phi) is 7.35. The summed E-state index contributed by atoms with van der Waals surface area (Å²) in [5.41, 5.74) is 3.42. The predicted molar refractivity (Wildman–Crippen MR) is 119 cm³/mol. The molecular formula is C22H27N5O2S. The van der Waals surface area contributed by atoms with E-state index in [9.17, 15) is 4.79 Å². The molecule has 8 heteroatoms. The van der Waals surface area contributed by atoms with Crippen molar-refractivity contribution in [2.45, 2.75) is 38.5 Å². The number of nitrogens with zero attached hydrogens (tertiary/aromatic N) is 3. The molecule has 0 aliphatic heterocycles. The summed E-state index contributed by atoms with van der Waals surface area (Å²) in [5, 5.41) is 11.6. The molecule has 1 amide bonds. The van der Waals surface area contributed by atoms with Crippen molar-refractivity contribution in [3.63, 3.8) is 0 Å². The fourth-order valence-electron chi connectivity index (χ4n) is 2.96. The molecule has 3 rings (SSSR count). The van der Waals surface area contributed by atoms with Crippen molar-refractivity contribution in [3.8, 4) is 5.75 Å². The zero-order valence-electron chi connectivity index (χ0n) is 17.5. The smallest absolute Gasteiger partial charge is 0.230 e. The van der Waals surface area contributed by atoms with Gasteiger partial charge in [0.1, 0.15) is 12.4 Å². The van der Waals surface area contributed by atoms with Crippen LogP contribution in [0.5, 0.6) is 5.75 Å². The first-order chi connectivity index (χ1) is 14.4. The van der Waals surface area contributed by atoms with Crippen LogP contribution in [0.25, 0.3) is 0 Å². The molecule has 0 aliphatic rings. The van der Waals surface area contributed by atoms with E-state index in [0.29, 0.717) is 17.5 Å². The lowest BCUT2D eigenvalue weighted by Gasteiger charge is -2.13. The van der Waals surface area contributed by atoms with E-state index in [4.69, 9.17) is 10.6 Å². The topological polar surface area (TPSA) is 95.1 Å². The number of ether oxygens (including phenoxy) is 1. The van der Waals surface area contributed by atoms with Gasteiger partial charge in [-0.25, -0.2) is 4.68 Å². The molecule has 3 aromatic rings. The van der Waals surface area contributed by atoms with Gasteiger partial charge in [-0.05, 0) is 37.0 Å². The summed E-state index contributed by atoms with van der Waals surface area (Å²) >= 11 is 1.25. The Bertz CT molecular complexity index is 990. The molecule has 0 saturated heterocycles. The van der Waals surface area contributed by atoms with Crippen LogP contribution in [0.3, 0.4) is 0 Å². The summed E-state index contributed by atoms with van der Waals surface area (Å²) in [7, 11) is 0. The Balaban J connectivity index is 1.47. The number of hydrogen-bond acceptors (Lipinski definition) is 6. The SMILES string of the molecule is Cc1ccc(OCc2nnc(SCC(=O)NC[C@@H](C)c3ccccc3)n2N)c(C)c1. The number of carbonyl (C=O) groups is 1. The maximum Gasteiger partial charge on any atom is 0.230 e. The maximum absolute atomic E-state index is 12.2. The highest BCUT2D eigenvalue weighted by molar-refractivity contribution is 7.99. The number of nitrogen functional groups attached to an aromatic ring is 1. The van der Waals surface area contributed by atoms with Crippen molar-refractivity contribution in [1.29, 1.82) is 0 Å². The summed E-state index contributed by atoms with van der Waals surface area (Å²) in [6, 6.07) is 16.1. The molecule has 0 aliphatic carbocycles. The third-order valence-electron chi connectivity index (χ3n) is 4.73. The van der Waals surface area contributed by atoms with Crippen LogP contribution in [0.4, 0.5) is 0 Å². The molecule has 0 spiro atoms. The van der Waals surface area contributed by atoms with Gasteiger partial charge in [-0.1, -0.05) is 66.7 Å². The highest BCUT2D eigenvalue weighted by Crippen LogP contribution is 2.21. The summed E-state index contributed by atoms with van der Waals surface area (Å²) in [5.74, 6) is 7.74. The number of thioether (sulfide) groups is 1. The van der Waals surface area contributed by atoms with Crippen molar-refractivity contribution in [3.05, 3.63) is 71.0 Å². The molecule has 3 N–H and O–H groups in total. The van der Waals surface area contributed by atoms with Crippen molar-refractivity contribution >= 4 is 17.7 Å². The van der Waals surface area contributed by atoms with Crippen LogP contribution in [-0.2, 0) is 11.4 Å². The second-order valence-corrected chi connectivity index (χ2v) is 8.17. The number of aryl methyl sites for hydroxylation is 2. The molecule has 0 fully saturated rings. The first-order valence-electron chi connectivity index (χ1n) is 9.78. The lowest BCUT2D eigenvalue weighted by Crippen LogP contribution is -2.29. The van der Waals surface area contributed by atoms with Crippen LogP contribution in [0.15, 0.2) is 53.7 Å². The van der Waals surface area contributed by atoms with Crippen molar-refractivity contribution in [2.75, 3.05) is 18.1 Å². The van der Waals surface area contributed by atoms with Crippen LogP contribution in [0, 0.1) is 13.8 Å². The minimum absolute atomic E-state index is 0.0705. The number of rotatable bonds is 9. The normalized spacial score (nSPS) is 11.8. The largest absolute Gasteiger partial charge is 0.485 e. The molecule has 1 atom stereocenters. The molecule has 0 bridgehead atoms. The Hall–Kier alpha value is -3.00. The summed E-state index contributed by atoms with van der Waals surface area (Å²) in [6.07, 6.45) is 0. The molecule has 30 heavy (non-hydrogen) atoms. The number of nitrogens with two attached hydrogens (primary N) is 1. The second-order valence-electron chi connectivity index (χ2n) is 7.23. The fraction of sp³-hybridized carbons (Fsp3) is 0.318. The quantitative estimate of drug-likeness (QED) is 0.404. The Morgan fingerprint density at radius 2 is 1.97 bits per heavy atom. The Labute approximate surface area is 181 Å². The van der Waals surface area contributed by atoms with Gasteiger partial charge < -0.3 is 15.9 Å². The third kappa shape index (κ3) is 5.76. The second kappa shape index (κ2) is 10.2. The molecule has 7 nitrogen and oxygen atoms in total. The number of aromatic nitrogens is 3. The zero-order valence-corrected chi connectivity index (χ0v) is 18.3. The van der Waals surface area contributed by atoms with Crippen LogP contribution in [-0.4, -0.2) is 33.1 Å². The number of amides is 1. The van der Waals surface area contributed by atoms with Gasteiger partial charge in [0, 0.05) is 6.54 Å². The molecular weight excluding hydrogens is 398 g/mol. The maximum atomic E-state index is 12.2. The third-order valence-corrected chi connectivity index (χ3v) is 5.67. The van der Waals surface area contributed by atoms with Crippen LogP contribution < -0.4 is 15.9 Å². The molecule has 0 unspecified atom stereocenters. The Morgan fingerprint density at radius 1 is 1.20 bits per heavy atom. The van der Waals surface area contributed by atoms with E-state index in [0.717, 1.165) is 11.3 Å². The minimum Gasteiger partial charge on any atom is -0.485 e. The number of benzene rings is 2. The summed E-state index contributed by atoms with van der Waals surface area (Å²) in [4.78, 5) is 12.2. The van der Waals surface area contributed by atoms with E-state index in [1.165, 1.54) is 27.6 Å². The zero-order chi connectivity index (χ0) is 21.5. The lowest BCUT2D eigenvalue weighted by atomic mass is 10.0. The number of carbonyl (C=O) groups excluding carboxylic acids is 1. The number of hydrogen-bond donors (Lipinski definition) is 2. The van der Waals surface area contributed by atoms with Crippen molar-refractivity contribution < 1.29 is 9.53 Å². The van der Waals surface area contributed by atoms with Gasteiger partial charge >= 0.3 is 0 Å². The molecule has 0 saturated carbocycles. The van der Waals surface area contributed by atoms with Crippen molar-refractivity contribution in [2.24, 2.45) is 0 Å². The van der Waals surface area contributed by atoms with Crippen LogP contribution >= 0.6 is 11.8 Å². The van der Waals surface area contributed by atoms with E-state index in [2.05, 4.69) is 40.6 Å². The van der Waals surface area contributed by atoms with Gasteiger partial charge in [-0.15, -0.1) is 10.2 Å². The average Bonchev–Trinajstić information content (AvgIpc) is 3.10. The highest BCUT2D eigenvalue weighted by Gasteiger charge is 2.14. The van der Waals surface area contributed by atoms with Gasteiger partial charge in [-0.3, -0.25) is 4.79 Å². The highest BCUT2D eigenvalue weighted by atomic mass is 32.2. The van der Waals surface area contributed by atoms with Gasteiger partial charge in [0.05, 0.1) is 5.75 Å². The first-order valence-corrected chi connectivity index (χ1v) is 10.8. The standard InChI is InChI=1S/C22H27N5O2S/c1-15-9-10-19(16(2)11-15)29-13-20-25-26-22(27(20)23)30-14-21(28)24-12-17(3)18-7-5-4-6-8-18/h4-11,17H,12-14,23H2,1-3H3,(H,24,28)/t17-/m1/s1. The molecule has 1 aromatic heterocycles. The summed E-state index contributed by atoms with van der Waals surface area (Å²) < 4.78 is 7.18. The fourth-order valence-corrected chi connectivity index (χ4v) is 3.66. The lowest BCUT2D eigenvalue weighted by molar-refractivity contribution is -0.118. The van der Waals surface area contributed by atoms with Crippen molar-refractivity contribution in [1.82, 2.24) is 20.2 Å². The average molecular weight is 426 g/mol. The molecule has 0 radical (unpaired) electrons. The number of nitrogens with one attached hydrogen (secondary N) is 1. The van der Waals surface area contributed by atoms with E-state index in [1.807, 2.05) is 44.2 Å². The van der Waals surface area contributed by atoms with Gasteiger partial charge in [0.2, 0.25) is 11.1 Å². The Morgan fingerprint density at radius 3 is 2.70 bits per heavy atom. The van der Waals surface area contributed by atoms with Crippen LogP contribution in [0.1, 0.15) is 35.4 Å². The van der Waals surface area contributed by atoms with Crippen LogP contribution in [0.2, 0.25) is 0 Å². The monoisotopic (exact) mass is 425 g/mol.